The molecule has 2 amide bonds. The molecule has 1 aromatic heterocycles. The first-order valence-corrected chi connectivity index (χ1v) is 10.8. The number of likely N-dealkylation sites (tertiary alicyclic amines) is 1. The van der Waals surface area contributed by atoms with Crippen LogP contribution in [0.15, 0.2) is 33.9 Å². The van der Waals surface area contributed by atoms with Gasteiger partial charge in [0.05, 0.1) is 5.75 Å². The predicted molar refractivity (Wildman–Crippen MR) is 99.2 cm³/mol. The third-order valence-corrected chi connectivity index (χ3v) is 6.03. The number of amides is 2. The van der Waals surface area contributed by atoms with Gasteiger partial charge in [-0.1, -0.05) is 34.9 Å². The Balaban J connectivity index is 1.54. The number of hydrogen-bond donors (Lipinski definition) is 1. The lowest BCUT2D eigenvalue weighted by molar-refractivity contribution is 0.186. The summed E-state index contributed by atoms with van der Waals surface area (Å²) in [5, 5.41) is 10.1. The summed E-state index contributed by atoms with van der Waals surface area (Å²) >= 11 is 6.01. The molecule has 2 aromatic rings. The molecule has 8 nitrogen and oxygen atoms in total. The molecule has 3 rings (SSSR count). The highest BCUT2D eigenvalue weighted by Gasteiger charge is 2.24. The van der Waals surface area contributed by atoms with Crippen molar-refractivity contribution in [2.75, 3.05) is 19.6 Å². The van der Waals surface area contributed by atoms with E-state index in [4.69, 9.17) is 16.0 Å². The summed E-state index contributed by atoms with van der Waals surface area (Å²) in [4.78, 5) is 13.8. The van der Waals surface area contributed by atoms with Crippen LogP contribution < -0.4 is 5.32 Å². The molecule has 0 spiro atoms. The van der Waals surface area contributed by atoms with Gasteiger partial charge in [0.15, 0.2) is 0 Å². The van der Waals surface area contributed by atoms with Gasteiger partial charge in [-0.05, 0) is 30.9 Å². The van der Waals surface area contributed by atoms with Crippen molar-refractivity contribution in [1.82, 2.24) is 20.4 Å². The number of carbonyl (C=O) groups is 1. The SMILES string of the molecule is O=C(NCCc1nnc(S(=O)(=O)Cc2ccccc2Cl)o1)N1CCCCC1. The summed E-state index contributed by atoms with van der Waals surface area (Å²) < 4.78 is 30.1. The molecule has 27 heavy (non-hydrogen) atoms. The van der Waals surface area contributed by atoms with Gasteiger partial charge in [-0.2, -0.15) is 0 Å². The molecule has 0 bridgehead atoms. The van der Waals surface area contributed by atoms with Gasteiger partial charge in [0.2, 0.25) is 15.7 Å². The third kappa shape index (κ3) is 5.20. The topological polar surface area (TPSA) is 105 Å². The normalized spacial score (nSPS) is 14.9. The molecule has 0 aliphatic carbocycles. The van der Waals surface area contributed by atoms with Crippen LogP contribution in [0.4, 0.5) is 4.79 Å². The predicted octanol–water partition coefficient (Wildman–Crippen LogP) is 2.43. The number of nitrogens with zero attached hydrogens (tertiary/aromatic N) is 3. The van der Waals surface area contributed by atoms with E-state index in [0.29, 0.717) is 17.1 Å². The fourth-order valence-corrected chi connectivity index (χ4v) is 4.29. The highest BCUT2D eigenvalue weighted by molar-refractivity contribution is 7.90. The Morgan fingerprint density at radius 1 is 1.19 bits per heavy atom. The lowest BCUT2D eigenvalue weighted by atomic mass is 10.1. The summed E-state index contributed by atoms with van der Waals surface area (Å²) in [6.07, 6.45) is 3.44. The Morgan fingerprint density at radius 3 is 2.67 bits per heavy atom. The van der Waals surface area contributed by atoms with Gasteiger partial charge in [0, 0.05) is 31.1 Å². The number of nitrogens with one attached hydrogen (secondary N) is 1. The second-order valence-corrected chi connectivity index (χ2v) is 8.62. The average molecular weight is 413 g/mol. The number of rotatable bonds is 6. The maximum atomic E-state index is 12.4. The molecule has 10 heteroatoms. The Labute approximate surface area is 162 Å². The van der Waals surface area contributed by atoms with Gasteiger partial charge in [-0.25, -0.2) is 13.2 Å². The summed E-state index contributed by atoms with van der Waals surface area (Å²) in [5.74, 6) is -0.160. The van der Waals surface area contributed by atoms with Crippen molar-refractivity contribution in [3.05, 3.63) is 40.7 Å². The van der Waals surface area contributed by atoms with Crippen molar-refractivity contribution in [3.63, 3.8) is 0 Å². The van der Waals surface area contributed by atoms with E-state index in [0.717, 1.165) is 32.4 Å². The number of benzene rings is 1. The van der Waals surface area contributed by atoms with Gasteiger partial charge in [0.25, 0.3) is 0 Å². The minimum atomic E-state index is -3.79. The molecule has 0 saturated carbocycles. The highest BCUT2D eigenvalue weighted by Crippen LogP contribution is 2.21. The van der Waals surface area contributed by atoms with Crippen molar-refractivity contribution in [2.24, 2.45) is 0 Å². The van der Waals surface area contributed by atoms with E-state index in [-0.39, 0.29) is 24.1 Å². The highest BCUT2D eigenvalue weighted by atomic mass is 35.5. The molecule has 1 aliphatic heterocycles. The molecule has 0 radical (unpaired) electrons. The van der Waals surface area contributed by atoms with Crippen LogP contribution in [0.25, 0.3) is 0 Å². The first-order valence-electron chi connectivity index (χ1n) is 8.77. The van der Waals surface area contributed by atoms with Gasteiger partial charge >= 0.3 is 11.3 Å². The van der Waals surface area contributed by atoms with E-state index in [9.17, 15) is 13.2 Å². The zero-order valence-electron chi connectivity index (χ0n) is 14.7. The van der Waals surface area contributed by atoms with E-state index >= 15 is 0 Å². The number of carbonyl (C=O) groups excluding carboxylic acids is 1. The second kappa shape index (κ2) is 8.71. The van der Waals surface area contributed by atoms with E-state index in [2.05, 4.69) is 15.5 Å². The number of sulfone groups is 1. The third-order valence-electron chi connectivity index (χ3n) is 4.28. The summed E-state index contributed by atoms with van der Waals surface area (Å²) in [6, 6.07) is 6.56. The smallest absolute Gasteiger partial charge is 0.335 e. The zero-order valence-corrected chi connectivity index (χ0v) is 16.3. The van der Waals surface area contributed by atoms with Crippen LogP contribution in [0, 0.1) is 0 Å². The molecule has 1 fully saturated rings. The van der Waals surface area contributed by atoms with Crippen molar-refractivity contribution >= 4 is 27.5 Å². The molecule has 1 aromatic carbocycles. The molecule has 1 saturated heterocycles. The van der Waals surface area contributed by atoms with E-state index < -0.39 is 15.1 Å². The van der Waals surface area contributed by atoms with Crippen molar-refractivity contribution in [1.29, 1.82) is 0 Å². The summed E-state index contributed by atoms with van der Waals surface area (Å²) in [7, 11) is -3.79. The molecular weight excluding hydrogens is 392 g/mol. The van der Waals surface area contributed by atoms with Gasteiger partial charge in [-0.15, -0.1) is 5.10 Å². The van der Waals surface area contributed by atoms with E-state index in [1.807, 2.05) is 0 Å². The zero-order chi connectivity index (χ0) is 19.3. The standard InChI is InChI=1S/C17H21ClN4O4S/c18-14-7-3-2-6-13(14)12-27(24,25)17-21-20-15(26-17)8-9-19-16(23)22-10-4-1-5-11-22/h2-3,6-7H,1,4-5,8-12H2,(H,19,23). The van der Waals surface area contributed by atoms with Gasteiger partial charge < -0.3 is 14.6 Å². The molecule has 1 aliphatic rings. The Bertz CT molecular complexity index is 894. The van der Waals surface area contributed by atoms with Gasteiger partial charge in [0.1, 0.15) is 0 Å². The van der Waals surface area contributed by atoms with Crippen LogP contribution in [0.5, 0.6) is 0 Å². The summed E-state index contributed by atoms with van der Waals surface area (Å²) in [6.45, 7) is 1.81. The molecule has 2 heterocycles. The number of aromatic nitrogens is 2. The quantitative estimate of drug-likeness (QED) is 0.781. The number of urea groups is 1. The Morgan fingerprint density at radius 2 is 1.93 bits per heavy atom. The van der Waals surface area contributed by atoms with E-state index in [1.54, 1.807) is 29.2 Å². The average Bonchev–Trinajstić information content (AvgIpc) is 3.14. The van der Waals surface area contributed by atoms with Crippen LogP contribution >= 0.6 is 11.6 Å². The first-order chi connectivity index (χ1) is 13.0. The molecular formula is C17H21ClN4O4S. The van der Waals surface area contributed by atoms with Crippen molar-refractivity contribution in [2.45, 2.75) is 36.7 Å². The maximum Gasteiger partial charge on any atom is 0.335 e. The van der Waals surface area contributed by atoms with Crippen LogP contribution in [-0.4, -0.2) is 49.2 Å². The maximum absolute atomic E-state index is 12.4. The van der Waals surface area contributed by atoms with Crippen molar-refractivity contribution in [3.8, 4) is 0 Å². The van der Waals surface area contributed by atoms with Gasteiger partial charge in [-0.3, -0.25) is 0 Å². The molecule has 1 N–H and O–H groups in total. The number of halogens is 1. The minimum Gasteiger partial charge on any atom is -0.412 e. The lowest BCUT2D eigenvalue weighted by Crippen LogP contribution is -2.43. The Hall–Kier alpha value is -2.13. The van der Waals surface area contributed by atoms with E-state index in [1.165, 1.54) is 0 Å². The largest absolute Gasteiger partial charge is 0.412 e. The molecule has 0 unspecified atom stereocenters. The van der Waals surface area contributed by atoms with Crippen molar-refractivity contribution < 1.29 is 17.6 Å². The number of piperidine rings is 1. The minimum absolute atomic E-state index is 0.124. The summed E-state index contributed by atoms with van der Waals surface area (Å²) in [5.41, 5.74) is 0.465. The molecule has 0 atom stereocenters. The van der Waals surface area contributed by atoms with Crippen LogP contribution in [-0.2, 0) is 22.0 Å². The number of hydrogen-bond acceptors (Lipinski definition) is 6. The monoisotopic (exact) mass is 412 g/mol. The first kappa shape index (κ1) is 19.6. The lowest BCUT2D eigenvalue weighted by Gasteiger charge is -2.26. The van der Waals surface area contributed by atoms with Crippen LogP contribution in [0.3, 0.4) is 0 Å². The fraction of sp³-hybridized carbons (Fsp3) is 0.471. The fourth-order valence-electron chi connectivity index (χ4n) is 2.83. The second-order valence-electron chi connectivity index (χ2n) is 6.34. The van der Waals surface area contributed by atoms with Crippen LogP contribution in [0.2, 0.25) is 5.02 Å². The molecule has 146 valence electrons. The van der Waals surface area contributed by atoms with Crippen LogP contribution in [0.1, 0.15) is 30.7 Å². The Kier molecular flexibility index (Phi) is 6.33.